The molecule has 1 rings (SSSR count). The first-order valence-corrected chi connectivity index (χ1v) is 5.29. The predicted octanol–water partition coefficient (Wildman–Crippen LogP) is 2.05. The topological polar surface area (TPSA) is 81.2 Å². The van der Waals surface area contributed by atoms with Gasteiger partial charge in [0, 0.05) is 18.7 Å². The summed E-state index contributed by atoms with van der Waals surface area (Å²) in [7, 11) is 0. The van der Waals surface area contributed by atoms with Gasteiger partial charge in [0.1, 0.15) is 5.69 Å². The molecule has 0 aliphatic heterocycles. The summed E-state index contributed by atoms with van der Waals surface area (Å²) < 4.78 is 0. The van der Waals surface area contributed by atoms with Gasteiger partial charge in [-0.2, -0.15) is 0 Å². The van der Waals surface area contributed by atoms with Crippen molar-refractivity contribution < 1.29 is 4.92 Å². The minimum absolute atomic E-state index is 0.0147. The lowest BCUT2D eigenvalue weighted by Crippen LogP contribution is -2.28. The van der Waals surface area contributed by atoms with Crippen molar-refractivity contribution in [2.24, 2.45) is 5.73 Å². The first kappa shape index (κ1) is 12.4. The third-order valence-corrected chi connectivity index (χ3v) is 2.43. The van der Waals surface area contributed by atoms with E-state index in [4.69, 9.17) is 5.73 Å². The van der Waals surface area contributed by atoms with Gasteiger partial charge in [-0.1, -0.05) is 13.0 Å². The van der Waals surface area contributed by atoms with E-state index in [9.17, 15) is 10.1 Å². The van der Waals surface area contributed by atoms with E-state index in [0.29, 0.717) is 12.2 Å². The Hall–Kier alpha value is -1.62. The summed E-state index contributed by atoms with van der Waals surface area (Å²) in [5, 5.41) is 13.8. The summed E-state index contributed by atoms with van der Waals surface area (Å²) in [6.45, 7) is 4.35. The molecule has 1 aromatic carbocycles. The van der Waals surface area contributed by atoms with E-state index in [0.717, 1.165) is 12.0 Å². The first-order valence-electron chi connectivity index (χ1n) is 5.29. The number of nitrogens with one attached hydrogen (secondary N) is 1. The van der Waals surface area contributed by atoms with Crippen molar-refractivity contribution in [3.63, 3.8) is 0 Å². The summed E-state index contributed by atoms with van der Waals surface area (Å²) in [5.41, 5.74) is 7.24. The monoisotopic (exact) mass is 223 g/mol. The molecule has 0 radical (unpaired) electrons. The molecule has 0 fully saturated rings. The van der Waals surface area contributed by atoms with Gasteiger partial charge in [-0.25, -0.2) is 0 Å². The molecule has 1 unspecified atom stereocenters. The highest BCUT2D eigenvalue weighted by atomic mass is 16.6. The van der Waals surface area contributed by atoms with Gasteiger partial charge in [-0.05, 0) is 25.0 Å². The van der Waals surface area contributed by atoms with Crippen molar-refractivity contribution in [2.75, 3.05) is 11.9 Å². The number of nitrogens with two attached hydrogens (primary N) is 1. The van der Waals surface area contributed by atoms with Crippen LogP contribution in [0, 0.1) is 17.0 Å². The summed E-state index contributed by atoms with van der Waals surface area (Å²) in [5.74, 6) is 0. The summed E-state index contributed by atoms with van der Waals surface area (Å²) >= 11 is 0. The van der Waals surface area contributed by atoms with E-state index in [1.54, 1.807) is 12.1 Å². The molecule has 0 amide bonds. The maximum Gasteiger partial charge on any atom is 0.292 e. The molecule has 0 spiro atoms. The van der Waals surface area contributed by atoms with Crippen LogP contribution in [0.25, 0.3) is 0 Å². The molecule has 1 aromatic rings. The quantitative estimate of drug-likeness (QED) is 0.591. The highest BCUT2D eigenvalue weighted by Crippen LogP contribution is 2.25. The second kappa shape index (κ2) is 5.46. The lowest BCUT2D eigenvalue weighted by molar-refractivity contribution is -0.384. The van der Waals surface area contributed by atoms with Crippen molar-refractivity contribution in [3.05, 3.63) is 33.9 Å². The Labute approximate surface area is 94.8 Å². The molecular formula is C11H17N3O2. The Balaban J connectivity index is 2.82. The number of hydrogen-bond acceptors (Lipinski definition) is 4. The van der Waals surface area contributed by atoms with E-state index in [1.165, 1.54) is 0 Å². The number of hydrogen-bond donors (Lipinski definition) is 2. The number of nitrogens with zero attached hydrogens (tertiary/aromatic N) is 1. The van der Waals surface area contributed by atoms with Gasteiger partial charge in [0.15, 0.2) is 0 Å². The van der Waals surface area contributed by atoms with E-state index in [2.05, 4.69) is 5.32 Å². The second-order valence-corrected chi connectivity index (χ2v) is 3.83. The molecule has 5 nitrogen and oxygen atoms in total. The fraction of sp³-hybridized carbons (Fsp3) is 0.455. The predicted molar refractivity (Wildman–Crippen MR) is 64.6 cm³/mol. The van der Waals surface area contributed by atoms with Crippen LogP contribution in [0.3, 0.4) is 0 Å². The summed E-state index contributed by atoms with van der Waals surface area (Å²) in [4.78, 5) is 10.4. The van der Waals surface area contributed by atoms with Gasteiger partial charge < -0.3 is 11.1 Å². The summed E-state index contributed by atoms with van der Waals surface area (Å²) in [6, 6.07) is 5.13. The Bertz CT molecular complexity index is 379. The zero-order chi connectivity index (χ0) is 12.1. The zero-order valence-electron chi connectivity index (χ0n) is 9.56. The van der Waals surface area contributed by atoms with Crippen LogP contribution in [0.5, 0.6) is 0 Å². The third kappa shape index (κ3) is 3.20. The van der Waals surface area contributed by atoms with Crippen molar-refractivity contribution in [3.8, 4) is 0 Å². The van der Waals surface area contributed by atoms with Gasteiger partial charge >= 0.3 is 0 Å². The number of rotatable bonds is 5. The van der Waals surface area contributed by atoms with E-state index in [1.807, 2.05) is 19.9 Å². The number of nitro benzene ring substituents is 1. The van der Waals surface area contributed by atoms with E-state index in [-0.39, 0.29) is 16.7 Å². The molecule has 88 valence electrons. The minimum atomic E-state index is -0.382. The Morgan fingerprint density at radius 2 is 2.25 bits per heavy atom. The number of anilines is 1. The van der Waals surface area contributed by atoms with Crippen molar-refractivity contribution >= 4 is 11.4 Å². The van der Waals surface area contributed by atoms with Crippen LogP contribution in [0.15, 0.2) is 18.2 Å². The van der Waals surface area contributed by atoms with Gasteiger partial charge in [-0.15, -0.1) is 0 Å². The highest BCUT2D eigenvalue weighted by molar-refractivity contribution is 5.62. The van der Waals surface area contributed by atoms with Gasteiger partial charge in [-0.3, -0.25) is 10.1 Å². The molecule has 0 aliphatic carbocycles. The van der Waals surface area contributed by atoms with Crippen LogP contribution in [0.2, 0.25) is 0 Å². The second-order valence-electron chi connectivity index (χ2n) is 3.83. The lowest BCUT2D eigenvalue weighted by atomic mass is 10.2. The van der Waals surface area contributed by atoms with Crippen molar-refractivity contribution in [1.29, 1.82) is 0 Å². The number of nitro groups is 1. The van der Waals surface area contributed by atoms with Crippen molar-refractivity contribution in [1.82, 2.24) is 0 Å². The van der Waals surface area contributed by atoms with Crippen LogP contribution in [0.1, 0.15) is 18.9 Å². The Morgan fingerprint density at radius 3 is 2.81 bits per heavy atom. The average Bonchev–Trinajstić information content (AvgIpc) is 2.26. The number of aryl methyl sites for hydroxylation is 1. The van der Waals surface area contributed by atoms with Crippen LogP contribution < -0.4 is 11.1 Å². The molecule has 3 N–H and O–H groups in total. The van der Waals surface area contributed by atoms with Gasteiger partial charge in [0.05, 0.1) is 4.92 Å². The molecule has 1 atom stereocenters. The van der Waals surface area contributed by atoms with Crippen LogP contribution in [-0.2, 0) is 0 Å². The fourth-order valence-electron chi connectivity index (χ4n) is 1.33. The fourth-order valence-corrected chi connectivity index (χ4v) is 1.33. The molecule has 0 aliphatic rings. The van der Waals surface area contributed by atoms with E-state index < -0.39 is 0 Å². The lowest BCUT2D eigenvalue weighted by Gasteiger charge is -2.11. The average molecular weight is 223 g/mol. The third-order valence-electron chi connectivity index (χ3n) is 2.43. The standard InChI is InChI=1S/C11H17N3O2/c1-3-9(12)7-13-10-5-4-8(2)6-11(10)14(15)16/h4-6,9,13H,3,7,12H2,1-2H3. The Kier molecular flexibility index (Phi) is 4.25. The van der Waals surface area contributed by atoms with Crippen molar-refractivity contribution in [2.45, 2.75) is 26.3 Å². The normalized spacial score (nSPS) is 12.2. The molecule has 5 heteroatoms. The first-order chi connectivity index (χ1) is 7.54. The molecule has 0 bridgehead atoms. The summed E-state index contributed by atoms with van der Waals surface area (Å²) in [6.07, 6.45) is 0.840. The zero-order valence-corrected chi connectivity index (χ0v) is 9.56. The SMILES string of the molecule is CCC(N)CNc1ccc(C)cc1[N+](=O)[O-]. The molecule has 0 heterocycles. The highest BCUT2D eigenvalue weighted by Gasteiger charge is 2.13. The molecule has 0 saturated heterocycles. The smallest absolute Gasteiger partial charge is 0.292 e. The molecule has 0 saturated carbocycles. The maximum atomic E-state index is 10.8. The van der Waals surface area contributed by atoms with Gasteiger partial charge in [0.2, 0.25) is 0 Å². The van der Waals surface area contributed by atoms with Gasteiger partial charge in [0.25, 0.3) is 5.69 Å². The molecule has 0 aromatic heterocycles. The molecule has 16 heavy (non-hydrogen) atoms. The maximum absolute atomic E-state index is 10.8. The molecular weight excluding hydrogens is 206 g/mol. The van der Waals surface area contributed by atoms with Crippen LogP contribution in [-0.4, -0.2) is 17.5 Å². The largest absolute Gasteiger partial charge is 0.378 e. The Morgan fingerprint density at radius 1 is 1.56 bits per heavy atom. The number of benzene rings is 1. The minimum Gasteiger partial charge on any atom is -0.378 e. The van der Waals surface area contributed by atoms with Crippen LogP contribution in [0.4, 0.5) is 11.4 Å². The van der Waals surface area contributed by atoms with Crippen LogP contribution >= 0.6 is 0 Å². The van der Waals surface area contributed by atoms with E-state index >= 15 is 0 Å².